The predicted molar refractivity (Wildman–Crippen MR) is 122 cm³/mol. The molecule has 0 aromatic heterocycles. The summed E-state index contributed by atoms with van der Waals surface area (Å²) in [6, 6.07) is 21.1. The molecule has 3 aromatic carbocycles. The molecular weight excluding hydrogens is 468 g/mol. The number of carboxylic acid groups (broad SMARTS) is 1. The van der Waals surface area contributed by atoms with Crippen molar-refractivity contribution in [2.24, 2.45) is 0 Å². The van der Waals surface area contributed by atoms with Crippen LogP contribution in [0.1, 0.15) is 26.3 Å². The zero-order valence-electron chi connectivity index (χ0n) is 15.6. The van der Waals surface area contributed by atoms with Crippen LogP contribution in [0, 0.1) is 0 Å². The van der Waals surface area contributed by atoms with Crippen molar-refractivity contribution in [3.63, 3.8) is 0 Å². The fourth-order valence-electron chi connectivity index (χ4n) is 2.62. The molecular formula is C22H17BrN2O4S. The Morgan fingerprint density at radius 3 is 2.50 bits per heavy atom. The van der Waals surface area contributed by atoms with E-state index in [-0.39, 0.29) is 16.4 Å². The lowest BCUT2D eigenvalue weighted by atomic mass is 10.1. The average Bonchev–Trinajstić information content (AvgIpc) is 2.74. The quantitative estimate of drug-likeness (QED) is 0.433. The number of anilines is 1. The topological polar surface area (TPSA) is 87.7 Å². The van der Waals surface area contributed by atoms with E-state index >= 15 is 0 Å². The van der Waals surface area contributed by atoms with Gasteiger partial charge in [-0.05, 0) is 60.2 Å². The molecule has 0 aliphatic heterocycles. The van der Waals surface area contributed by atoms with E-state index in [1.54, 1.807) is 30.3 Å². The van der Waals surface area contributed by atoms with Crippen molar-refractivity contribution in [2.45, 2.75) is 6.61 Å². The molecule has 0 heterocycles. The molecule has 0 aliphatic carbocycles. The van der Waals surface area contributed by atoms with Crippen molar-refractivity contribution >= 4 is 50.8 Å². The number of para-hydroxylation sites is 1. The van der Waals surface area contributed by atoms with E-state index in [4.69, 9.17) is 17.0 Å². The van der Waals surface area contributed by atoms with E-state index in [1.807, 2.05) is 36.4 Å². The molecule has 0 saturated heterocycles. The fraction of sp³-hybridized carbons (Fsp3) is 0.0455. The van der Waals surface area contributed by atoms with Crippen LogP contribution in [0.25, 0.3) is 0 Å². The number of halogens is 1. The van der Waals surface area contributed by atoms with Gasteiger partial charge in [-0.2, -0.15) is 0 Å². The van der Waals surface area contributed by atoms with Crippen molar-refractivity contribution in [3.05, 3.63) is 94.0 Å². The van der Waals surface area contributed by atoms with Crippen molar-refractivity contribution < 1.29 is 19.4 Å². The third-order valence-corrected chi connectivity index (χ3v) is 4.72. The normalized spacial score (nSPS) is 10.2. The third-order valence-electron chi connectivity index (χ3n) is 4.03. The standard InChI is InChI=1S/C22H17BrN2O4S/c23-16-9-10-19(18(12-16)21(27)28)24-22(30)25-20(26)15-6-4-5-14(11-15)13-29-17-7-2-1-3-8-17/h1-12H,13H2,(H,27,28)(H2,24,25,26,30). The van der Waals surface area contributed by atoms with Gasteiger partial charge in [0.1, 0.15) is 12.4 Å². The molecule has 0 saturated carbocycles. The number of nitrogens with one attached hydrogen (secondary N) is 2. The molecule has 0 spiro atoms. The number of hydrogen-bond acceptors (Lipinski definition) is 4. The molecule has 6 nitrogen and oxygen atoms in total. The maximum Gasteiger partial charge on any atom is 0.337 e. The number of benzene rings is 3. The molecule has 1 amide bonds. The Balaban J connectivity index is 1.63. The van der Waals surface area contributed by atoms with Crippen LogP contribution >= 0.6 is 28.1 Å². The first-order valence-electron chi connectivity index (χ1n) is 8.84. The summed E-state index contributed by atoms with van der Waals surface area (Å²) in [5.41, 5.74) is 1.54. The van der Waals surface area contributed by atoms with Crippen LogP contribution in [0.4, 0.5) is 5.69 Å². The lowest BCUT2D eigenvalue weighted by molar-refractivity contribution is 0.0697. The van der Waals surface area contributed by atoms with Gasteiger partial charge in [0.25, 0.3) is 5.91 Å². The van der Waals surface area contributed by atoms with Gasteiger partial charge >= 0.3 is 5.97 Å². The second kappa shape index (κ2) is 10.00. The number of amides is 1. The maximum absolute atomic E-state index is 12.5. The molecule has 0 atom stereocenters. The second-order valence-corrected chi connectivity index (χ2v) is 7.53. The molecule has 0 bridgehead atoms. The van der Waals surface area contributed by atoms with Crippen molar-refractivity contribution in [3.8, 4) is 5.75 Å². The average molecular weight is 485 g/mol. The minimum atomic E-state index is -1.11. The summed E-state index contributed by atoms with van der Waals surface area (Å²) in [4.78, 5) is 23.9. The summed E-state index contributed by atoms with van der Waals surface area (Å²) < 4.78 is 6.32. The largest absolute Gasteiger partial charge is 0.489 e. The lowest BCUT2D eigenvalue weighted by Crippen LogP contribution is -2.34. The van der Waals surface area contributed by atoms with Crippen LogP contribution < -0.4 is 15.4 Å². The highest BCUT2D eigenvalue weighted by atomic mass is 79.9. The Labute approximate surface area is 187 Å². The summed E-state index contributed by atoms with van der Waals surface area (Å²) in [6.07, 6.45) is 0. The Morgan fingerprint density at radius 2 is 1.77 bits per heavy atom. The number of ether oxygens (including phenoxy) is 1. The highest BCUT2D eigenvalue weighted by Crippen LogP contribution is 2.21. The first-order valence-corrected chi connectivity index (χ1v) is 10.0. The van der Waals surface area contributed by atoms with Crippen molar-refractivity contribution in [2.75, 3.05) is 5.32 Å². The van der Waals surface area contributed by atoms with Crippen molar-refractivity contribution in [1.82, 2.24) is 5.32 Å². The van der Waals surface area contributed by atoms with Crippen LogP contribution in [-0.4, -0.2) is 22.1 Å². The highest BCUT2D eigenvalue weighted by molar-refractivity contribution is 9.10. The van der Waals surface area contributed by atoms with Crippen LogP contribution in [0.5, 0.6) is 5.75 Å². The molecule has 3 rings (SSSR count). The second-order valence-electron chi connectivity index (χ2n) is 6.21. The van der Waals surface area contributed by atoms with Gasteiger partial charge in [-0.1, -0.05) is 46.3 Å². The summed E-state index contributed by atoms with van der Waals surface area (Å²) in [5, 5.41) is 14.6. The number of carbonyl (C=O) groups excluding carboxylic acids is 1. The summed E-state index contributed by atoms with van der Waals surface area (Å²) in [7, 11) is 0. The molecule has 0 fully saturated rings. The van der Waals surface area contributed by atoms with Crippen LogP contribution in [0.3, 0.4) is 0 Å². The van der Waals surface area contributed by atoms with Crippen LogP contribution in [-0.2, 0) is 6.61 Å². The molecule has 0 aliphatic rings. The van der Waals surface area contributed by atoms with Crippen LogP contribution in [0.2, 0.25) is 0 Å². The first kappa shape index (κ1) is 21.5. The van der Waals surface area contributed by atoms with Gasteiger partial charge in [-0.25, -0.2) is 4.79 Å². The lowest BCUT2D eigenvalue weighted by Gasteiger charge is -2.12. The van der Waals surface area contributed by atoms with Gasteiger partial charge in [-0.3, -0.25) is 10.1 Å². The molecule has 0 radical (unpaired) electrons. The summed E-state index contributed by atoms with van der Waals surface area (Å²) in [6.45, 7) is 0.314. The minimum absolute atomic E-state index is 0.00392. The first-order chi connectivity index (χ1) is 14.4. The van der Waals surface area contributed by atoms with E-state index in [0.717, 1.165) is 11.3 Å². The van der Waals surface area contributed by atoms with Gasteiger partial charge in [0.2, 0.25) is 0 Å². The number of thiocarbonyl (C=S) groups is 1. The van der Waals surface area contributed by atoms with Gasteiger partial charge in [0.15, 0.2) is 5.11 Å². The minimum Gasteiger partial charge on any atom is -0.489 e. The van der Waals surface area contributed by atoms with E-state index in [2.05, 4.69) is 26.6 Å². The third kappa shape index (κ3) is 5.88. The van der Waals surface area contributed by atoms with E-state index in [0.29, 0.717) is 16.6 Å². The van der Waals surface area contributed by atoms with Gasteiger partial charge in [0.05, 0.1) is 11.3 Å². The number of carboxylic acids is 1. The Morgan fingerprint density at radius 1 is 1.00 bits per heavy atom. The van der Waals surface area contributed by atoms with Gasteiger partial charge < -0.3 is 15.2 Å². The number of rotatable bonds is 6. The smallest absolute Gasteiger partial charge is 0.337 e. The molecule has 30 heavy (non-hydrogen) atoms. The summed E-state index contributed by atoms with van der Waals surface area (Å²) >= 11 is 8.40. The highest BCUT2D eigenvalue weighted by Gasteiger charge is 2.14. The van der Waals surface area contributed by atoms with E-state index < -0.39 is 11.9 Å². The van der Waals surface area contributed by atoms with Crippen LogP contribution in [0.15, 0.2) is 77.3 Å². The monoisotopic (exact) mass is 484 g/mol. The molecule has 3 aromatic rings. The Bertz CT molecular complexity index is 1090. The summed E-state index contributed by atoms with van der Waals surface area (Å²) in [5.74, 6) is -0.788. The fourth-order valence-corrected chi connectivity index (χ4v) is 3.18. The Kier molecular flexibility index (Phi) is 7.16. The van der Waals surface area contributed by atoms with Gasteiger partial charge in [0, 0.05) is 10.0 Å². The SMILES string of the molecule is O=C(NC(=S)Nc1ccc(Br)cc1C(=O)O)c1cccc(COc2ccccc2)c1. The molecule has 152 valence electrons. The van der Waals surface area contributed by atoms with E-state index in [1.165, 1.54) is 6.07 Å². The number of aromatic carboxylic acids is 1. The zero-order valence-corrected chi connectivity index (χ0v) is 18.0. The van der Waals surface area contributed by atoms with Gasteiger partial charge in [-0.15, -0.1) is 0 Å². The molecule has 0 unspecified atom stereocenters. The Hall–Kier alpha value is -3.23. The molecule has 8 heteroatoms. The number of hydrogen-bond donors (Lipinski definition) is 3. The van der Waals surface area contributed by atoms with Crippen molar-refractivity contribution in [1.29, 1.82) is 0 Å². The molecule has 3 N–H and O–H groups in total. The predicted octanol–water partition coefficient (Wildman–Crippen LogP) is 4.85. The van der Waals surface area contributed by atoms with E-state index in [9.17, 15) is 14.7 Å². The zero-order chi connectivity index (χ0) is 21.5. The maximum atomic E-state index is 12.5. The number of carbonyl (C=O) groups is 2.